The van der Waals surface area contributed by atoms with Crippen LogP contribution in [0.3, 0.4) is 0 Å². The molecule has 1 saturated heterocycles. The molecule has 1 heterocycles. The highest BCUT2D eigenvalue weighted by Crippen LogP contribution is 2.77. The highest BCUT2D eigenvalue weighted by atomic mass is 19.1. The van der Waals surface area contributed by atoms with Gasteiger partial charge in [-0.05, 0) is 60.8 Å². The second-order valence-corrected chi connectivity index (χ2v) is 9.46. The number of benzene rings is 1. The van der Waals surface area contributed by atoms with Crippen LogP contribution in [0.2, 0.25) is 0 Å². The van der Waals surface area contributed by atoms with Crippen LogP contribution in [0.15, 0.2) is 30.3 Å². The Morgan fingerprint density at radius 2 is 1.93 bits per heavy atom. The van der Waals surface area contributed by atoms with Gasteiger partial charge in [-0.1, -0.05) is 30.3 Å². The van der Waals surface area contributed by atoms with E-state index in [1.165, 1.54) is 5.56 Å². The Labute approximate surface area is 160 Å². The number of amides is 1. The van der Waals surface area contributed by atoms with E-state index in [0.717, 1.165) is 58.3 Å². The largest absolute Gasteiger partial charge is 0.314 e. The smallest absolute Gasteiger partial charge is 0.241 e. The van der Waals surface area contributed by atoms with Gasteiger partial charge in [0, 0.05) is 26.2 Å². The molecular weight excluding hydrogens is 341 g/mol. The third-order valence-corrected chi connectivity index (χ3v) is 8.10. The van der Waals surface area contributed by atoms with Crippen molar-refractivity contribution >= 4 is 5.91 Å². The lowest BCUT2D eigenvalue weighted by molar-refractivity contribution is -0.142. The molecule has 1 amide bonds. The van der Waals surface area contributed by atoms with Gasteiger partial charge in [-0.3, -0.25) is 14.6 Å². The normalized spacial score (nSPS) is 40.4. The van der Waals surface area contributed by atoms with Crippen LogP contribution in [-0.2, 0) is 10.2 Å². The molecule has 6 rings (SSSR count). The molecule has 27 heavy (non-hydrogen) atoms. The summed E-state index contributed by atoms with van der Waals surface area (Å²) in [7, 11) is 0. The predicted molar refractivity (Wildman–Crippen MR) is 103 cm³/mol. The topological polar surface area (TPSA) is 44.4 Å². The molecule has 1 aromatic rings. The second kappa shape index (κ2) is 6.28. The first-order valence-electron chi connectivity index (χ1n) is 10.5. The molecule has 5 heteroatoms. The predicted octanol–water partition coefficient (Wildman–Crippen LogP) is 2.80. The zero-order valence-electron chi connectivity index (χ0n) is 16.0. The Hall–Kier alpha value is -1.46. The molecule has 2 N–H and O–H groups in total. The van der Waals surface area contributed by atoms with Crippen molar-refractivity contribution < 1.29 is 9.18 Å². The van der Waals surface area contributed by atoms with Gasteiger partial charge in [0.05, 0.1) is 12.1 Å². The quantitative estimate of drug-likeness (QED) is 0.837. The van der Waals surface area contributed by atoms with Crippen LogP contribution in [0.1, 0.15) is 44.1 Å². The van der Waals surface area contributed by atoms with E-state index in [9.17, 15) is 9.18 Å². The van der Waals surface area contributed by atoms with E-state index < -0.39 is 5.41 Å². The lowest BCUT2D eigenvalue weighted by Crippen LogP contribution is -2.57. The molecule has 0 radical (unpaired) electrons. The standard InChI is InChI=1S/C22H30FN3O/c23-7-6-21-13-17-12-20(15-21,18-4-2-1-3-5-18)16-22(21,14-17)19(27)25-26-10-8-24-9-11-26/h1-5,17,24H,6-16H2,(H,25,27)/t17?,20-,21?,22?/m1/s1. The maximum atomic E-state index is 13.7. The van der Waals surface area contributed by atoms with E-state index in [2.05, 4.69) is 46.1 Å². The summed E-state index contributed by atoms with van der Waals surface area (Å²) in [6.45, 7) is 3.16. The molecule has 4 bridgehead atoms. The molecule has 146 valence electrons. The van der Waals surface area contributed by atoms with E-state index in [-0.39, 0.29) is 23.4 Å². The Morgan fingerprint density at radius 1 is 1.15 bits per heavy atom. The molecule has 0 aromatic heterocycles. The lowest BCUT2D eigenvalue weighted by atomic mass is 9.63. The van der Waals surface area contributed by atoms with Crippen LogP contribution >= 0.6 is 0 Å². The van der Waals surface area contributed by atoms with Crippen LogP contribution < -0.4 is 10.7 Å². The lowest BCUT2D eigenvalue weighted by Gasteiger charge is -2.41. The summed E-state index contributed by atoms with van der Waals surface area (Å²) in [6, 6.07) is 10.7. The number of piperazine rings is 1. The van der Waals surface area contributed by atoms with Crippen molar-refractivity contribution in [3.05, 3.63) is 35.9 Å². The molecular formula is C22H30FN3O. The van der Waals surface area contributed by atoms with Crippen LogP contribution in [0.5, 0.6) is 0 Å². The molecule has 4 saturated carbocycles. The van der Waals surface area contributed by atoms with Crippen molar-refractivity contribution in [3.8, 4) is 0 Å². The summed E-state index contributed by atoms with van der Waals surface area (Å²) < 4.78 is 13.7. The van der Waals surface area contributed by atoms with Gasteiger partial charge in [-0.25, -0.2) is 5.01 Å². The highest BCUT2D eigenvalue weighted by Gasteiger charge is 2.74. The van der Waals surface area contributed by atoms with E-state index in [0.29, 0.717) is 12.3 Å². The van der Waals surface area contributed by atoms with Crippen molar-refractivity contribution in [2.24, 2.45) is 16.7 Å². The van der Waals surface area contributed by atoms with E-state index >= 15 is 0 Å². The monoisotopic (exact) mass is 371 g/mol. The molecule has 5 aliphatic rings. The van der Waals surface area contributed by atoms with Crippen molar-refractivity contribution in [2.45, 2.75) is 43.9 Å². The number of hydrogen-bond donors (Lipinski definition) is 2. The zero-order chi connectivity index (χ0) is 18.5. The molecule has 1 aliphatic heterocycles. The van der Waals surface area contributed by atoms with E-state index in [4.69, 9.17) is 0 Å². The fraction of sp³-hybridized carbons (Fsp3) is 0.682. The van der Waals surface area contributed by atoms with Gasteiger partial charge in [0.1, 0.15) is 0 Å². The molecule has 4 aliphatic carbocycles. The minimum absolute atomic E-state index is 0.0540. The third kappa shape index (κ3) is 2.51. The maximum absolute atomic E-state index is 13.7. The molecule has 5 fully saturated rings. The molecule has 1 aromatic carbocycles. The Balaban J connectivity index is 1.50. The van der Waals surface area contributed by atoms with Gasteiger partial charge in [-0.15, -0.1) is 0 Å². The SMILES string of the molecule is O=C(NN1CCNCC1)C12CC3CC1(CCF)C[C@](c1ccccc1)(C3)C2. The fourth-order valence-electron chi connectivity index (χ4n) is 7.32. The Kier molecular flexibility index (Phi) is 4.10. The third-order valence-electron chi connectivity index (χ3n) is 8.10. The van der Waals surface area contributed by atoms with Gasteiger partial charge < -0.3 is 5.32 Å². The fourth-order valence-corrected chi connectivity index (χ4v) is 7.32. The first-order valence-corrected chi connectivity index (χ1v) is 10.5. The first-order chi connectivity index (χ1) is 13.1. The first kappa shape index (κ1) is 17.6. The van der Waals surface area contributed by atoms with Gasteiger partial charge in [0.15, 0.2) is 0 Å². The van der Waals surface area contributed by atoms with Crippen molar-refractivity contribution in [1.82, 2.24) is 15.8 Å². The van der Waals surface area contributed by atoms with Crippen molar-refractivity contribution in [3.63, 3.8) is 0 Å². The van der Waals surface area contributed by atoms with Crippen LogP contribution in [0.4, 0.5) is 4.39 Å². The number of nitrogens with one attached hydrogen (secondary N) is 2. The summed E-state index contributed by atoms with van der Waals surface area (Å²) in [6.07, 6.45) is 5.53. The molecule has 4 atom stereocenters. The molecule has 0 spiro atoms. The second-order valence-electron chi connectivity index (χ2n) is 9.46. The average molecular weight is 372 g/mol. The maximum Gasteiger partial charge on any atom is 0.241 e. The van der Waals surface area contributed by atoms with Gasteiger partial charge >= 0.3 is 0 Å². The number of carbonyl (C=O) groups excluding carboxylic acids is 1. The number of hydrogen-bond acceptors (Lipinski definition) is 3. The minimum atomic E-state index is -0.400. The van der Waals surface area contributed by atoms with Crippen LogP contribution in [0, 0.1) is 16.7 Å². The average Bonchev–Trinajstić information content (AvgIpc) is 3.03. The highest BCUT2D eigenvalue weighted by molar-refractivity contribution is 5.85. The number of rotatable bonds is 5. The van der Waals surface area contributed by atoms with Crippen LogP contribution in [0.25, 0.3) is 0 Å². The summed E-state index contributed by atoms with van der Waals surface area (Å²) in [5, 5.41) is 5.39. The molecule has 3 unspecified atom stereocenters. The van der Waals surface area contributed by atoms with Crippen molar-refractivity contribution in [2.75, 3.05) is 32.9 Å². The summed E-state index contributed by atoms with van der Waals surface area (Å²) in [4.78, 5) is 13.6. The van der Waals surface area contributed by atoms with Crippen LogP contribution in [-0.4, -0.2) is 43.8 Å². The number of hydrazine groups is 1. The number of halogens is 1. The van der Waals surface area contributed by atoms with Gasteiger partial charge in [0.25, 0.3) is 0 Å². The van der Waals surface area contributed by atoms with E-state index in [1.807, 2.05) is 0 Å². The summed E-state index contributed by atoms with van der Waals surface area (Å²) in [5.41, 5.74) is 4.09. The Morgan fingerprint density at radius 3 is 2.67 bits per heavy atom. The number of nitrogens with zero attached hydrogens (tertiary/aromatic N) is 1. The number of alkyl halides is 1. The summed E-state index contributed by atoms with van der Waals surface area (Å²) in [5.74, 6) is 0.714. The molecule has 4 nitrogen and oxygen atoms in total. The van der Waals surface area contributed by atoms with E-state index in [1.54, 1.807) is 0 Å². The summed E-state index contributed by atoms with van der Waals surface area (Å²) >= 11 is 0. The zero-order valence-corrected chi connectivity index (χ0v) is 16.0. The number of carbonyl (C=O) groups is 1. The Bertz CT molecular complexity index is 722. The van der Waals surface area contributed by atoms with Crippen molar-refractivity contribution in [1.29, 1.82) is 0 Å². The minimum Gasteiger partial charge on any atom is -0.314 e. The van der Waals surface area contributed by atoms with Gasteiger partial charge in [0.2, 0.25) is 5.91 Å². The van der Waals surface area contributed by atoms with Gasteiger partial charge in [-0.2, -0.15) is 0 Å².